The summed E-state index contributed by atoms with van der Waals surface area (Å²) in [7, 11) is -4.20. The molecule has 0 spiro atoms. The Bertz CT molecular complexity index is 1300. The first-order valence-electron chi connectivity index (χ1n) is 12.7. The van der Waals surface area contributed by atoms with Gasteiger partial charge in [0.1, 0.15) is 12.6 Å². The summed E-state index contributed by atoms with van der Waals surface area (Å²) < 4.78 is 66.5. The van der Waals surface area contributed by atoms with E-state index in [2.05, 4.69) is 5.32 Å². The van der Waals surface area contributed by atoms with Crippen LogP contribution in [0.3, 0.4) is 0 Å². The van der Waals surface area contributed by atoms with Crippen LogP contribution in [0.5, 0.6) is 0 Å². The van der Waals surface area contributed by atoms with Crippen LogP contribution in [-0.2, 0) is 32.3 Å². The fraction of sp³-hybridized carbons (Fsp3) is 0.481. The molecule has 0 unspecified atom stereocenters. The fourth-order valence-electron chi connectivity index (χ4n) is 4.79. The first-order chi connectivity index (χ1) is 18.2. The summed E-state index contributed by atoms with van der Waals surface area (Å²) in [6.45, 7) is 2.85. The van der Waals surface area contributed by atoms with Crippen molar-refractivity contribution in [2.24, 2.45) is 0 Å². The van der Waals surface area contributed by atoms with Gasteiger partial charge in [-0.05, 0) is 49.9 Å². The Morgan fingerprint density at radius 3 is 2.36 bits per heavy atom. The van der Waals surface area contributed by atoms with Gasteiger partial charge >= 0.3 is 6.18 Å². The van der Waals surface area contributed by atoms with E-state index in [1.807, 2.05) is 25.1 Å². The van der Waals surface area contributed by atoms with E-state index in [1.54, 1.807) is 13.0 Å². The Hall–Kier alpha value is -2.79. The number of nitrogens with one attached hydrogen (secondary N) is 1. The highest BCUT2D eigenvalue weighted by molar-refractivity contribution is 7.92. The Kier molecular flexibility index (Phi) is 9.93. The smallest absolute Gasteiger partial charge is 0.352 e. The molecule has 7 nitrogen and oxygen atoms in total. The van der Waals surface area contributed by atoms with Crippen molar-refractivity contribution < 1.29 is 31.2 Å². The number of amides is 2. The molecule has 12 heteroatoms. The fourth-order valence-corrected chi connectivity index (χ4v) is 5.86. The molecule has 1 aliphatic carbocycles. The van der Waals surface area contributed by atoms with E-state index >= 15 is 0 Å². The molecule has 2 amide bonds. The number of carbonyl (C=O) groups is 2. The normalized spacial score (nSPS) is 15.2. The van der Waals surface area contributed by atoms with Crippen molar-refractivity contribution >= 4 is 39.1 Å². The SMILES string of the molecule is CC[C@H](C(=O)NC1CCCC1)N(Cc1cccc(C)c1)C(=O)CN(c1ccc(Cl)c(C(F)(F)F)c1)S(C)(=O)=O. The molecule has 1 atom stereocenters. The molecule has 0 saturated heterocycles. The van der Waals surface area contributed by atoms with E-state index in [-0.39, 0.29) is 30.6 Å². The van der Waals surface area contributed by atoms with Crippen molar-refractivity contribution in [2.45, 2.75) is 70.8 Å². The number of sulfonamides is 1. The van der Waals surface area contributed by atoms with E-state index < -0.39 is 45.3 Å². The lowest BCUT2D eigenvalue weighted by Gasteiger charge is -2.33. The van der Waals surface area contributed by atoms with Gasteiger partial charge < -0.3 is 10.2 Å². The molecule has 2 aromatic rings. The summed E-state index contributed by atoms with van der Waals surface area (Å²) in [4.78, 5) is 28.4. The van der Waals surface area contributed by atoms with Crippen LogP contribution in [0.4, 0.5) is 18.9 Å². The van der Waals surface area contributed by atoms with Gasteiger partial charge in [-0.25, -0.2) is 8.42 Å². The monoisotopic (exact) mass is 587 g/mol. The van der Waals surface area contributed by atoms with Gasteiger partial charge in [0.2, 0.25) is 21.8 Å². The van der Waals surface area contributed by atoms with Crippen LogP contribution >= 0.6 is 11.6 Å². The van der Waals surface area contributed by atoms with E-state index in [0.29, 0.717) is 10.4 Å². The summed E-state index contributed by atoms with van der Waals surface area (Å²) in [6, 6.07) is 9.08. The second-order valence-corrected chi connectivity index (χ2v) is 12.2. The number of rotatable bonds is 10. The van der Waals surface area contributed by atoms with Crippen molar-refractivity contribution in [3.05, 3.63) is 64.2 Å². The third-order valence-corrected chi connectivity index (χ3v) is 8.22. The van der Waals surface area contributed by atoms with Crippen LogP contribution < -0.4 is 9.62 Å². The van der Waals surface area contributed by atoms with Crippen LogP contribution in [-0.4, -0.2) is 50.0 Å². The highest BCUT2D eigenvalue weighted by atomic mass is 35.5. The van der Waals surface area contributed by atoms with Gasteiger partial charge in [0.15, 0.2) is 0 Å². The van der Waals surface area contributed by atoms with Gasteiger partial charge in [0.25, 0.3) is 0 Å². The minimum absolute atomic E-state index is 0.00449. The molecule has 2 aromatic carbocycles. The molecule has 0 radical (unpaired) electrons. The second-order valence-electron chi connectivity index (χ2n) is 9.86. The van der Waals surface area contributed by atoms with Gasteiger partial charge in [-0.3, -0.25) is 13.9 Å². The average molecular weight is 588 g/mol. The minimum Gasteiger partial charge on any atom is -0.352 e. The molecule has 3 rings (SSSR count). The number of hydrogen-bond acceptors (Lipinski definition) is 4. The van der Waals surface area contributed by atoms with Gasteiger partial charge in [0, 0.05) is 12.6 Å². The first kappa shape index (κ1) is 30.7. The predicted octanol–water partition coefficient (Wildman–Crippen LogP) is 5.30. The number of anilines is 1. The van der Waals surface area contributed by atoms with Crippen molar-refractivity contribution in [3.63, 3.8) is 0 Å². The molecule has 39 heavy (non-hydrogen) atoms. The van der Waals surface area contributed by atoms with Gasteiger partial charge in [-0.15, -0.1) is 0 Å². The van der Waals surface area contributed by atoms with E-state index in [1.165, 1.54) is 4.90 Å². The third-order valence-electron chi connectivity index (χ3n) is 6.75. The Morgan fingerprint density at radius 1 is 1.13 bits per heavy atom. The summed E-state index contributed by atoms with van der Waals surface area (Å²) in [5.41, 5.74) is 0.0810. The molecule has 1 aliphatic rings. The standard InChI is InChI=1S/C27H33ClF3N3O4S/c1-4-24(26(36)32-20-10-5-6-11-20)33(16-19-9-7-8-18(2)14-19)25(35)17-34(39(3,37)38)21-12-13-23(28)22(15-21)27(29,30)31/h7-9,12-15,20,24H,4-6,10-11,16-17H2,1-3H3,(H,32,36)/t24-/m1/s1. The number of benzene rings is 2. The molecule has 0 bridgehead atoms. The van der Waals surface area contributed by atoms with Gasteiger partial charge in [0.05, 0.1) is 22.5 Å². The molecule has 0 aliphatic heterocycles. The number of carbonyl (C=O) groups excluding carboxylic acids is 2. The van der Waals surface area contributed by atoms with Crippen molar-refractivity contribution in [3.8, 4) is 0 Å². The molecular weight excluding hydrogens is 555 g/mol. The number of alkyl halides is 3. The maximum Gasteiger partial charge on any atom is 0.417 e. The number of halogens is 4. The number of nitrogens with zero attached hydrogens (tertiary/aromatic N) is 2. The Balaban J connectivity index is 1.98. The molecule has 1 saturated carbocycles. The van der Waals surface area contributed by atoms with Crippen LogP contribution in [0.15, 0.2) is 42.5 Å². The molecular formula is C27H33ClF3N3O4S. The lowest BCUT2D eigenvalue weighted by molar-refractivity contribution is -0.140. The average Bonchev–Trinajstić information content (AvgIpc) is 3.34. The molecule has 1 N–H and O–H groups in total. The quantitative estimate of drug-likeness (QED) is 0.409. The minimum atomic E-state index is -4.83. The van der Waals surface area contributed by atoms with E-state index in [4.69, 9.17) is 11.6 Å². The summed E-state index contributed by atoms with van der Waals surface area (Å²) >= 11 is 5.72. The van der Waals surface area contributed by atoms with Crippen LogP contribution in [0, 0.1) is 6.92 Å². The Labute approximate surface area is 232 Å². The predicted molar refractivity (Wildman–Crippen MR) is 145 cm³/mol. The highest BCUT2D eigenvalue weighted by Gasteiger charge is 2.36. The first-order valence-corrected chi connectivity index (χ1v) is 14.9. The zero-order valence-corrected chi connectivity index (χ0v) is 23.7. The largest absolute Gasteiger partial charge is 0.417 e. The highest BCUT2D eigenvalue weighted by Crippen LogP contribution is 2.37. The lowest BCUT2D eigenvalue weighted by atomic mass is 10.1. The molecule has 214 valence electrons. The summed E-state index contributed by atoms with van der Waals surface area (Å²) in [6.07, 6.45) is -0.0909. The zero-order chi connectivity index (χ0) is 29.0. The topological polar surface area (TPSA) is 86.8 Å². The second kappa shape index (κ2) is 12.6. The maximum absolute atomic E-state index is 13.7. The van der Waals surface area contributed by atoms with Crippen LogP contribution in [0.2, 0.25) is 5.02 Å². The van der Waals surface area contributed by atoms with Crippen molar-refractivity contribution in [1.82, 2.24) is 10.2 Å². The van der Waals surface area contributed by atoms with Crippen LogP contribution in [0.1, 0.15) is 55.7 Å². The molecule has 1 fully saturated rings. The number of aryl methyl sites for hydroxylation is 1. The zero-order valence-electron chi connectivity index (χ0n) is 22.1. The van der Waals surface area contributed by atoms with E-state index in [9.17, 15) is 31.2 Å². The van der Waals surface area contributed by atoms with Crippen LogP contribution in [0.25, 0.3) is 0 Å². The molecule has 0 heterocycles. The number of hydrogen-bond donors (Lipinski definition) is 1. The van der Waals surface area contributed by atoms with Gasteiger partial charge in [-0.1, -0.05) is 61.2 Å². The Morgan fingerprint density at radius 2 is 1.79 bits per heavy atom. The summed E-state index contributed by atoms with van der Waals surface area (Å²) in [5.74, 6) is -1.07. The summed E-state index contributed by atoms with van der Waals surface area (Å²) in [5, 5.41) is 2.41. The lowest BCUT2D eigenvalue weighted by Crippen LogP contribution is -2.53. The van der Waals surface area contributed by atoms with E-state index in [0.717, 1.165) is 55.2 Å². The third kappa shape index (κ3) is 8.11. The van der Waals surface area contributed by atoms with Crippen molar-refractivity contribution in [1.29, 1.82) is 0 Å². The van der Waals surface area contributed by atoms with Crippen molar-refractivity contribution in [2.75, 3.05) is 17.1 Å². The maximum atomic E-state index is 13.7. The van der Waals surface area contributed by atoms with Gasteiger partial charge in [-0.2, -0.15) is 13.2 Å². The molecule has 0 aromatic heterocycles.